The van der Waals surface area contributed by atoms with Crippen molar-refractivity contribution in [2.24, 2.45) is 0 Å². The van der Waals surface area contributed by atoms with E-state index in [1.54, 1.807) is 10.7 Å². The van der Waals surface area contributed by atoms with Crippen LogP contribution in [0, 0.1) is 6.92 Å². The minimum absolute atomic E-state index is 0.0315. The quantitative estimate of drug-likeness (QED) is 0.736. The molecule has 2 N–H and O–H groups in total. The van der Waals surface area contributed by atoms with Gasteiger partial charge in [-0.15, -0.1) is 5.10 Å². The Morgan fingerprint density at radius 3 is 2.68 bits per heavy atom. The number of carbonyl (C=O) groups is 1. The highest BCUT2D eigenvalue weighted by atomic mass is 35.5. The zero-order chi connectivity index (χ0) is 17.8. The van der Waals surface area contributed by atoms with Gasteiger partial charge in [-0.25, -0.2) is 9.67 Å². The van der Waals surface area contributed by atoms with Gasteiger partial charge in [-0.1, -0.05) is 48.0 Å². The van der Waals surface area contributed by atoms with E-state index in [0.29, 0.717) is 16.5 Å². The van der Waals surface area contributed by atoms with Crippen LogP contribution in [0.3, 0.4) is 0 Å². The maximum Gasteiger partial charge on any atom is 0.291 e. The van der Waals surface area contributed by atoms with Crippen LogP contribution in [-0.4, -0.2) is 38.9 Å². The van der Waals surface area contributed by atoms with Crippen LogP contribution < -0.4 is 5.32 Å². The molecule has 0 aliphatic rings. The summed E-state index contributed by atoms with van der Waals surface area (Å²) in [5.74, 6) is 0.127. The Hall–Kier alpha value is -2.70. The molecule has 0 aliphatic carbocycles. The second kappa shape index (κ2) is 7.46. The van der Waals surface area contributed by atoms with Crippen molar-refractivity contribution in [2.75, 3.05) is 13.2 Å². The Morgan fingerprint density at radius 2 is 2.00 bits per heavy atom. The number of halogens is 1. The van der Waals surface area contributed by atoms with E-state index in [-0.39, 0.29) is 19.0 Å². The predicted octanol–water partition coefficient (Wildman–Crippen LogP) is 2.62. The van der Waals surface area contributed by atoms with Gasteiger partial charge in [-0.3, -0.25) is 4.79 Å². The first-order valence-electron chi connectivity index (χ1n) is 7.78. The van der Waals surface area contributed by atoms with Crippen molar-refractivity contribution < 1.29 is 9.90 Å². The molecule has 7 heteroatoms. The van der Waals surface area contributed by atoms with Crippen LogP contribution in [0.5, 0.6) is 0 Å². The maximum absolute atomic E-state index is 12.2. The second-order valence-electron chi connectivity index (χ2n) is 5.45. The molecule has 1 amide bonds. The summed E-state index contributed by atoms with van der Waals surface area (Å²) in [6, 6.07) is 15.0. The number of benzene rings is 2. The molecule has 25 heavy (non-hydrogen) atoms. The number of aliphatic hydroxyl groups excluding tert-OH is 1. The van der Waals surface area contributed by atoms with Gasteiger partial charge in [0.25, 0.3) is 5.91 Å². The fourth-order valence-corrected chi connectivity index (χ4v) is 2.50. The van der Waals surface area contributed by atoms with Crippen LogP contribution in [0.1, 0.15) is 16.2 Å². The molecule has 1 aromatic heterocycles. The number of rotatable bonds is 5. The lowest BCUT2D eigenvalue weighted by atomic mass is 10.2. The topological polar surface area (TPSA) is 80.0 Å². The number of aliphatic hydroxyl groups is 1. The zero-order valence-corrected chi connectivity index (χ0v) is 14.4. The van der Waals surface area contributed by atoms with Crippen molar-refractivity contribution in [2.45, 2.75) is 6.92 Å². The molecule has 3 aromatic rings. The SMILES string of the molecule is Cc1ccc(-n2nc(C(=O)NCCO)nc2-c2ccccc2)cc1Cl. The summed E-state index contributed by atoms with van der Waals surface area (Å²) in [4.78, 5) is 16.5. The number of carbonyl (C=O) groups excluding carboxylic acids is 1. The second-order valence-corrected chi connectivity index (χ2v) is 5.86. The number of aromatic nitrogens is 3. The van der Waals surface area contributed by atoms with Crippen molar-refractivity contribution in [3.8, 4) is 17.1 Å². The fourth-order valence-electron chi connectivity index (χ4n) is 2.32. The number of amides is 1. The van der Waals surface area contributed by atoms with Gasteiger partial charge in [0.2, 0.25) is 5.82 Å². The fraction of sp³-hybridized carbons (Fsp3) is 0.167. The summed E-state index contributed by atoms with van der Waals surface area (Å²) in [5.41, 5.74) is 2.49. The highest BCUT2D eigenvalue weighted by molar-refractivity contribution is 6.31. The van der Waals surface area contributed by atoms with Gasteiger partial charge in [-0.2, -0.15) is 0 Å². The lowest BCUT2D eigenvalue weighted by molar-refractivity contribution is 0.0934. The molecule has 0 saturated carbocycles. The van der Waals surface area contributed by atoms with Gasteiger partial charge >= 0.3 is 0 Å². The van der Waals surface area contributed by atoms with Crippen LogP contribution in [0.15, 0.2) is 48.5 Å². The molecule has 2 aromatic carbocycles. The maximum atomic E-state index is 12.2. The van der Waals surface area contributed by atoms with Gasteiger partial charge < -0.3 is 10.4 Å². The van der Waals surface area contributed by atoms with Crippen LogP contribution >= 0.6 is 11.6 Å². The summed E-state index contributed by atoms with van der Waals surface area (Å²) in [6.45, 7) is 1.91. The van der Waals surface area contributed by atoms with Crippen LogP contribution in [0.2, 0.25) is 5.02 Å². The minimum atomic E-state index is -0.441. The lowest BCUT2D eigenvalue weighted by Crippen LogP contribution is -2.27. The lowest BCUT2D eigenvalue weighted by Gasteiger charge is -2.07. The molecule has 0 spiro atoms. The number of nitrogens with one attached hydrogen (secondary N) is 1. The van der Waals surface area contributed by atoms with Gasteiger partial charge in [0.15, 0.2) is 5.82 Å². The zero-order valence-electron chi connectivity index (χ0n) is 13.6. The normalized spacial score (nSPS) is 10.7. The third-order valence-electron chi connectivity index (χ3n) is 3.64. The number of aryl methyl sites for hydroxylation is 1. The van der Waals surface area contributed by atoms with E-state index in [0.717, 1.165) is 11.1 Å². The van der Waals surface area contributed by atoms with Crippen LogP contribution in [0.25, 0.3) is 17.1 Å². The van der Waals surface area contributed by atoms with Gasteiger partial charge in [-0.05, 0) is 24.6 Å². The average molecular weight is 357 g/mol. The van der Waals surface area contributed by atoms with Gasteiger partial charge in [0.1, 0.15) is 0 Å². The molecular formula is C18H17ClN4O2. The molecule has 3 rings (SSSR count). The standard InChI is InChI=1S/C18H17ClN4O2/c1-12-7-8-14(11-15(12)19)23-17(13-5-3-2-4-6-13)21-16(22-23)18(25)20-9-10-24/h2-8,11,24H,9-10H2,1H3,(H,20,25). The first kappa shape index (κ1) is 17.1. The number of hydrogen-bond acceptors (Lipinski definition) is 4. The average Bonchev–Trinajstić information content (AvgIpc) is 3.08. The Labute approximate surface area is 150 Å². The van der Waals surface area contributed by atoms with Crippen LogP contribution in [-0.2, 0) is 0 Å². The van der Waals surface area contributed by atoms with Crippen molar-refractivity contribution in [3.05, 3.63) is 64.9 Å². The van der Waals surface area contributed by atoms with E-state index in [4.69, 9.17) is 16.7 Å². The third-order valence-corrected chi connectivity index (χ3v) is 4.05. The highest BCUT2D eigenvalue weighted by Gasteiger charge is 2.18. The number of hydrogen-bond donors (Lipinski definition) is 2. The molecule has 0 atom stereocenters. The summed E-state index contributed by atoms with van der Waals surface area (Å²) in [5, 5.41) is 16.4. The molecular weight excluding hydrogens is 340 g/mol. The van der Waals surface area contributed by atoms with E-state index in [2.05, 4.69) is 15.4 Å². The first-order chi connectivity index (χ1) is 12.1. The van der Waals surface area contributed by atoms with Crippen molar-refractivity contribution in [1.29, 1.82) is 0 Å². The van der Waals surface area contributed by atoms with Gasteiger partial charge in [0.05, 0.1) is 12.3 Å². The molecule has 0 saturated heterocycles. The molecule has 1 heterocycles. The van der Waals surface area contributed by atoms with E-state index in [9.17, 15) is 4.79 Å². The highest BCUT2D eigenvalue weighted by Crippen LogP contribution is 2.24. The Balaban J connectivity index is 2.10. The molecule has 0 unspecified atom stereocenters. The Morgan fingerprint density at radius 1 is 1.24 bits per heavy atom. The summed E-state index contributed by atoms with van der Waals surface area (Å²) >= 11 is 6.23. The smallest absolute Gasteiger partial charge is 0.291 e. The van der Waals surface area contributed by atoms with E-state index in [1.165, 1.54) is 0 Å². The van der Waals surface area contributed by atoms with Crippen molar-refractivity contribution >= 4 is 17.5 Å². The molecule has 6 nitrogen and oxygen atoms in total. The van der Waals surface area contributed by atoms with Crippen molar-refractivity contribution in [3.63, 3.8) is 0 Å². The molecule has 0 radical (unpaired) electrons. The van der Waals surface area contributed by atoms with E-state index >= 15 is 0 Å². The van der Waals surface area contributed by atoms with E-state index < -0.39 is 5.91 Å². The summed E-state index contributed by atoms with van der Waals surface area (Å²) in [7, 11) is 0. The van der Waals surface area contributed by atoms with E-state index in [1.807, 2.05) is 49.4 Å². The number of nitrogens with zero attached hydrogens (tertiary/aromatic N) is 3. The monoisotopic (exact) mass is 356 g/mol. The molecule has 0 aliphatic heterocycles. The first-order valence-corrected chi connectivity index (χ1v) is 8.16. The molecule has 0 fully saturated rings. The third kappa shape index (κ3) is 3.70. The van der Waals surface area contributed by atoms with Gasteiger partial charge in [0, 0.05) is 17.1 Å². The van der Waals surface area contributed by atoms with Crippen LogP contribution in [0.4, 0.5) is 0 Å². The molecule has 0 bridgehead atoms. The van der Waals surface area contributed by atoms with Crippen molar-refractivity contribution in [1.82, 2.24) is 20.1 Å². The predicted molar refractivity (Wildman–Crippen MR) is 96.0 cm³/mol. The minimum Gasteiger partial charge on any atom is -0.395 e. The molecule has 128 valence electrons. The Bertz CT molecular complexity index is 893. The largest absolute Gasteiger partial charge is 0.395 e. The Kier molecular flexibility index (Phi) is 5.11. The summed E-state index contributed by atoms with van der Waals surface area (Å²) < 4.78 is 1.59. The summed E-state index contributed by atoms with van der Waals surface area (Å²) in [6.07, 6.45) is 0.